The van der Waals surface area contributed by atoms with Crippen molar-refractivity contribution in [2.24, 2.45) is 0 Å². The molecule has 4 heteroatoms. The van der Waals surface area contributed by atoms with E-state index in [0.717, 1.165) is 5.56 Å². The maximum Gasteiger partial charge on any atom is 0.105 e. The van der Waals surface area contributed by atoms with Crippen LogP contribution in [0.5, 0.6) is 0 Å². The van der Waals surface area contributed by atoms with Crippen LogP contribution in [-0.2, 0) is 16.1 Å². The molecule has 0 saturated heterocycles. The standard InChI is InChI=1S/C12H18O4/c1-15-8-11(13)12(14)9-16-7-10-5-3-2-4-6-10/h2-6,11-14H,7-9H2,1H3. The van der Waals surface area contributed by atoms with E-state index in [4.69, 9.17) is 9.47 Å². The van der Waals surface area contributed by atoms with Gasteiger partial charge in [-0.1, -0.05) is 30.3 Å². The summed E-state index contributed by atoms with van der Waals surface area (Å²) in [5.41, 5.74) is 1.04. The summed E-state index contributed by atoms with van der Waals surface area (Å²) in [4.78, 5) is 0. The number of hydrogen-bond donors (Lipinski definition) is 2. The first-order valence-corrected chi connectivity index (χ1v) is 5.20. The van der Waals surface area contributed by atoms with E-state index in [1.54, 1.807) is 0 Å². The lowest BCUT2D eigenvalue weighted by Crippen LogP contribution is -2.33. The summed E-state index contributed by atoms with van der Waals surface area (Å²) in [6.45, 7) is 0.632. The Hall–Kier alpha value is -0.940. The van der Waals surface area contributed by atoms with Gasteiger partial charge in [0.1, 0.15) is 12.2 Å². The van der Waals surface area contributed by atoms with Gasteiger partial charge in [-0.2, -0.15) is 0 Å². The maximum atomic E-state index is 9.47. The van der Waals surface area contributed by atoms with Crippen LogP contribution in [0.2, 0.25) is 0 Å². The molecule has 0 aliphatic carbocycles. The van der Waals surface area contributed by atoms with Crippen molar-refractivity contribution in [1.82, 2.24) is 0 Å². The van der Waals surface area contributed by atoms with Crippen LogP contribution in [-0.4, -0.2) is 42.7 Å². The minimum Gasteiger partial charge on any atom is -0.388 e. The molecule has 1 aromatic rings. The highest BCUT2D eigenvalue weighted by Crippen LogP contribution is 2.02. The van der Waals surface area contributed by atoms with E-state index in [0.29, 0.717) is 6.61 Å². The second-order valence-electron chi connectivity index (χ2n) is 3.59. The molecular formula is C12H18O4. The van der Waals surface area contributed by atoms with Crippen LogP contribution in [0, 0.1) is 0 Å². The van der Waals surface area contributed by atoms with E-state index >= 15 is 0 Å². The highest BCUT2D eigenvalue weighted by molar-refractivity contribution is 5.13. The van der Waals surface area contributed by atoms with Crippen molar-refractivity contribution in [2.45, 2.75) is 18.8 Å². The first-order valence-electron chi connectivity index (χ1n) is 5.20. The Kier molecular flexibility index (Phi) is 6.03. The van der Waals surface area contributed by atoms with Crippen LogP contribution in [0.1, 0.15) is 5.56 Å². The molecule has 0 amide bonds. The Bertz CT molecular complexity index is 276. The van der Waals surface area contributed by atoms with Gasteiger partial charge in [-0.3, -0.25) is 0 Å². The summed E-state index contributed by atoms with van der Waals surface area (Å²) in [5.74, 6) is 0. The van der Waals surface area contributed by atoms with Crippen molar-refractivity contribution in [3.8, 4) is 0 Å². The molecule has 2 unspecified atom stereocenters. The summed E-state index contributed by atoms with van der Waals surface area (Å²) in [5, 5.41) is 18.8. The summed E-state index contributed by atoms with van der Waals surface area (Å²) in [6.07, 6.45) is -1.82. The van der Waals surface area contributed by atoms with Gasteiger partial charge in [0.05, 0.1) is 19.8 Å². The van der Waals surface area contributed by atoms with Gasteiger partial charge in [-0.25, -0.2) is 0 Å². The number of rotatable bonds is 7. The second kappa shape index (κ2) is 7.35. The lowest BCUT2D eigenvalue weighted by Gasteiger charge is -2.16. The third-order valence-corrected chi connectivity index (χ3v) is 2.18. The predicted molar refractivity (Wildman–Crippen MR) is 60.0 cm³/mol. The molecule has 2 atom stereocenters. The molecule has 1 rings (SSSR count). The molecule has 0 bridgehead atoms. The number of hydrogen-bond acceptors (Lipinski definition) is 4. The third kappa shape index (κ3) is 4.72. The van der Waals surface area contributed by atoms with E-state index in [1.807, 2.05) is 30.3 Å². The number of methoxy groups -OCH3 is 1. The minimum absolute atomic E-state index is 0.0966. The summed E-state index contributed by atoms with van der Waals surface area (Å²) in [7, 11) is 1.47. The van der Waals surface area contributed by atoms with Gasteiger partial charge in [0.15, 0.2) is 0 Å². The summed E-state index contributed by atoms with van der Waals surface area (Å²) in [6, 6.07) is 9.67. The number of aliphatic hydroxyl groups excluding tert-OH is 2. The highest BCUT2D eigenvalue weighted by atomic mass is 16.5. The van der Waals surface area contributed by atoms with E-state index in [-0.39, 0.29) is 13.2 Å². The van der Waals surface area contributed by atoms with Crippen molar-refractivity contribution in [3.63, 3.8) is 0 Å². The van der Waals surface area contributed by atoms with Gasteiger partial charge in [0.25, 0.3) is 0 Å². The molecule has 0 aliphatic rings. The van der Waals surface area contributed by atoms with Crippen molar-refractivity contribution < 1.29 is 19.7 Å². The fourth-order valence-electron chi connectivity index (χ4n) is 1.26. The summed E-state index contributed by atoms with van der Waals surface area (Å²) < 4.78 is 10.0. The zero-order valence-electron chi connectivity index (χ0n) is 9.37. The topological polar surface area (TPSA) is 58.9 Å². The minimum atomic E-state index is -0.913. The van der Waals surface area contributed by atoms with E-state index in [2.05, 4.69) is 0 Å². The normalized spacial score (nSPS) is 14.7. The Labute approximate surface area is 95.4 Å². The molecule has 1 aromatic carbocycles. The summed E-state index contributed by atoms with van der Waals surface area (Å²) >= 11 is 0. The molecule has 0 aliphatic heterocycles. The van der Waals surface area contributed by atoms with Crippen LogP contribution in [0.4, 0.5) is 0 Å². The van der Waals surface area contributed by atoms with Gasteiger partial charge in [0.2, 0.25) is 0 Å². The third-order valence-electron chi connectivity index (χ3n) is 2.18. The van der Waals surface area contributed by atoms with Gasteiger partial charge in [-0.15, -0.1) is 0 Å². The molecule has 90 valence electrons. The van der Waals surface area contributed by atoms with E-state index < -0.39 is 12.2 Å². The zero-order chi connectivity index (χ0) is 11.8. The molecule has 16 heavy (non-hydrogen) atoms. The molecular weight excluding hydrogens is 208 g/mol. The quantitative estimate of drug-likeness (QED) is 0.713. The average molecular weight is 226 g/mol. The van der Waals surface area contributed by atoms with Gasteiger partial charge < -0.3 is 19.7 Å². The van der Waals surface area contributed by atoms with Crippen LogP contribution < -0.4 is 0 Å². The fraction of sp³-hybridized carbons (Fsp3) is 0.500. The van der Waals surface area contributed by atoms with Crippen molar-refractivity contribution in [1.29, 1.82) is 0 Å². The second-order valence-corrected chi connectivity index (χ2v) is 3.59. The van der Waals surface area contributed by atoms with Crippen LogP contribution in [0.3, 0.4) is 0 Å². The van der Waals surface area contributed by atoms with Crippen LogP contribution in [0.25, 0.3) is 0 Å². The molecule has 0 spiro atoms. The monoisotopic (exact) mass is 226 g/mol. The van der Waals surface area contributed by atoms with Crippen LogP contribution in [0.15, 0.2) is 30.3 Å². The molecule has 2 N–H and O–H groups in total. The number of benzene rings is 1. The van der Waals surface area contributed by atoms with Gasteiger partial charge >= 0.3 is 0 Å². The molecule has 0 aromatic heterocycles. The van der Waals surface area contributed by atoms with Crippen LogP contribution >= 0.6 is 0 Å². The zero-order valence-corrected chi connectivity index (χ0v) is 9.37. The molecule has 0 heterocycles. The average Bonchev–Trinajstić information content (AvgIpc) is 2.30. The molecule has 4 nitrogen and oxygen atoms in total. The van der Waals surface area contributed by atoms with E-state index in [9.17, 15) is 10.2 Å². The Morgan fingerprint density at radius 3 is 2.31 bits per heavy atom. The Morgan fingerprint density at radius 2 is 1.69 bits per heavy atom. The molecule has 0 saturated carbocycles. The van der Waals surface area contributed by atoms with E-state index in [1.165, 1.54) is 7.11 Å². The molecule has 0 fully saturated rings. The van der Waals surface area contributed by atoms with Gasteiger partial charge in [-0.05, 0) is 5.56 Å². The highest BCUT2D eigenvalue weighted by Gasteiger charge is 2.15. The maximum absolute atomic E-state index is 9.47. The van der Waals surface area contributed by atoms with Crippen molar-refractivity contribution in [3.05, 3.63) is 35.9 Å². The fourth-order valence-corrected chi connectivity index (χ4v) is 1.26. The van der Waals surface area contributed by atoms with Crippen molar-refractivity contribution >= 4 is 0 Å². The lowest BCUT2D eigenvalue weighted by molar-refractivity contribution is -0.0665. The molecule has 0 radical (unpaired) electrons. The smallest absolute Gasteiger partial charge is 0.105 e. The predicted octanol–water partition coefficient (Wildman–Crippen LogP) is 0.571. The number of aliphatic hydroxyl groups is 2. The first-order chi connectivity index (χ1) is 7.74. The SMILES string of the molecule is COCC(O)C(O)COCc1ccccc1. The lowest BCUT2D eigenvalue weighted by atomic mass is 10.2. The Balaban J connectivity index is 2.20. The number of ether oxygens (including phenoxy) is 2. The van der Waals surface area contributed by atoms with Crippen molar-refractivity contribution in [2.75, 3.05) is 20.3 Å². The van der Waals surface area contributed by atoms with Gasteiger partial charge in [0, 0.05) is 7.11 Å². The largest absolute Gasteiger partial charge is 0.388 e. The Morgan fingerprint density at radius 1 is 1.06 bits per heavy atom. The first kappa shape index (κ1) is 13.1.